The molecular weight excluding hydrogens is 350 g/mol. The number of nitrogens with two attached hydrogens (primary N) is 1. The molecule has 26 heavy (non-hydrogen) atoms. The van der Waals surface area contributed by atoms with Crippen LogP contribution in [0.15, 0.2) is 53.4 Å². The molecular formula is C19H23N3O3S. The molecule has 1 heterocycles. The number of likely N-dealkylation sites (tertiary alicyclic amines) is 1. The van der Waals surface area contributed by atoms with Crippen LogP contribution in [0.1, 0.15) is 29.9 Å². The normalized spacial score (nSPS) is 17.8. The van der Waals surface area contributed by atoms with E-state index in [0.29, 0.717) is 24.7 Å². The van der Waals surface area contributed by atoms with Gasteiger partial charge in [0.25, 0.3) is 0 Å². The summed E-state index contributed by atoms with van der Waals surface area (Å²) >= 11 is 0. The van der Waals surface area contributed by atoms with Crippen LogP contribution in [0, 0.1) is 6.92 Å². The monoisotopic (exact) mass is 373 g/mol. The molecule has 1 aliphatic heterocycles. The van der Waals surface area contributed by atoms with Crippen molar-refractivity contribution in [1.82, 2.24) is 4.90 Å². The zero-order valence-electron chi connectivity index (χ0n) is 14.7. The molecule has 2 amide bonds. The Morgan fingerprint density at radius 3 is 2.69 bits per heavy atom. The summed E-state index contributed by atoms with van der Waals surface area (Å²) in [5.74, 6) is 0.310. The molecule has 1 aliphatic rings. The van der Waals surface area contributed by atoms with Gasteiger partial charge in [-0.3, -0.25) is 0 Å². The third kappa shape index (κ3) is 4.42. The predicted octanol–water partition coefficient (Wildman–Crippen LogP) is 3.05. The summed E-state index contributed by atoms with van der Waals surface area (Å²) in [6.07, 6.45) is 1.98. The minimum absolute atomic E-state index is 0.0217. The van der Waals surface area contributed by atoms with Gasteiger partial charge >= 0.3 is 6.03 Å². The molecule has 0 spiro atoms. The highest BCUT2D eigenvalue weighted by atomic mass is 32.2. The van der Waals surface area contributed by atoms with Crippen molar-refractivity contribution in [2.75, 3.05) is 18.4 Å². The van der Waals surface area contributed by atoms with E-state index in [1.165, 1.54) is 23.3 Å². The number of carbonyl (C=O) groups is 1. The van der Waals surface area contributed by atoms with Gasteiger partial charge in [-0.25, -0.2) is 18.4 Å². The Bertz CT molecular complexity index is 912. The maximum Gasteiger partial charge on any atom is 0.321 e. The number of hydrogen-bond acceptors (Lipinski definition) is 3. The van der Waals surface area contributed by atoms with Crippen LogP contribution in [0.2, 0.25) is 0 Å². The Morgan fingerprint density at radius 1 is 1.19 bits per heavy atom. The lowest BCUT2D eigenvalue weighted by Crippen LogP contribution is -2.41. The first kappa shape index (κ1) is 18.4. The van der Waals surface area contributed by atoms with Crippen LogP contribution in [0.3, 0.4) is 0 Å². The summed E-state index contributed by atoms with van der Waals surface area (Å²) in [5, 5.41) is 7.92. The Hall–Kier alpha value is -2.38. The molecule has 0 radical (unpaired) electrons. The van der Waals surface area contributed by atoms with Gasteiger partial charge in [0.1, 0.15) is 0 Å². The molecule has 138 valence electrons. The second kappa shape index (κ2) is 7.47. The summed E-state index contributed by atoms with van der Waals surface area (Å²) in [4.78, 5) is 14.4. The first-order valence-electron chi connectivity index (χ1n) is 8.58. The summed E-state index contributed by atoms with van der Waals surface area (Å²) in [7, 11) is -3.80. The third-order valence-electron chi connectivity index (χ3n) is 4.64. The summed E-state index contributed by atoms with van der Waals surface area (Å²) in [6, 6.07) is 14.1. The number of piperidine rings is 1. The van der Waals surface area contributed by atoms with E-state index in [9.17, 15) is 13.2 Å². The van der Waals surface area contributed by atoms with E-state index in [-0.39, 0.29) is 10.9 Å². The highest BCUT2D eigenvalue weighted by molar-refractivity contribution is 7.89. The number of amides is 2. The van der Waals surface area contributed by atoms with Crippen molar-refractivity contribution in [3.05, 3.63) is 59.7 Å². The van der Waals surface area contributed by atoms with Crippen LogP contribution in [0.4, 0.5) is 10.5 Å². The molecule has 0 saturated carbocycles. The lowest BCUT2D eigenvalue weighted by molar-refractivity contribution is 0.193. The average molecular weight is 373 g/mol. The Labute approximate surface area is 154 Å². The van der Waals surface area contributed by atoms with Crippen LogP contribution in [-0.4, -0.2) is 32.4 Å². The number of nitrogens with zero attached hydrogens (tertiary/aromatic N) is 1. The Balaban J connectivity index is 1.70. The molecule has 0 aliphatic carbocycles. The van der Waals surface area contributed by atoms with Gasteiger partial charge in [0.2, 0.25) is 10.0 Å². The molecule has 2 aromatic rings. The molecule has 2 aromatic carbocycles. The molecule has 6 nitrogen and oxygen atoms in total. The number of carbonyl (C=O) groups excluding carboxylic acids is 1. The van der Waals surface area contributed by atoms with Gasteiger partial charge < -0.3 is 10.2 Å². The Morgan fingerprint density at radius 2 is 1.96 bits per heavy atom. The quantitative estimate of drug-likeness (QED) is 0.866. The fourth-order valence-corrected chi connectivity index (χ4v) is 3.87. The SMILES string of the molecule is Cc1cccc([C@H]2CCCN(C(=O)Nc3cccc(S(N)(=O)=O)c3)C2)c1. The van der Waals surface area contributed by atoms with E-state index < -0.39 is 10.0 Å². The molecule has 1 fully saturated rings. The maximum atomic E-state index is 12.6. The first-order valence-corrected chi connectivity index (χ1v) is 10.1. The fourth-order valence-electron chi connectivity index (χ4n) is 3.31. The summed E-state index contributed by atoms with van der Waals surface area (Å²) in [5.41, 5.74) is 2.88. The lowest BCUT2D eigenvalue weighted by atomic mass is 9.90. The standard InChI is InChI=1S/C19H23N3O3S/c1-14-5-2-6-15(11-14)16-7-4-10-22(13-16)19(23)21-17-8-3-9-18(12-17)26(20,24)25/h2-3,5-6,8-9,11-12,16H,4,7,10,13H2,1H3,(H,21,23)(H2,20,24,25)/t16-/m0/s1. The van der Waals surface area contributed by atoms with Crippen molar-refractivity contribution in [3.63, 3.8) is 0 Å². The molecule has 3 rings (SSSR count). The van der Waals surface area contributed by atoms with Crippen LogP contribution in [0.25, 0.3) is 0 Å². The predicted molar refractivity (Wildman–Crippen MR) is 102 cm³/mol. The minimum Gasteiger partial charge on any atom is -0.324 e. The number of benzene rings is 2. The first-order chi connectivity index (χ1) is 12.3. The van der Waals surface area contributed by atoms with Gasteiger partial charge in [0, 0.05) is 24.7 Å². The summed E-state index contributed by atoms with van der Waals surface area (Å²) < 4.78 is 22.9. The highest BCUT2D eigenvalue weighted by Gasteiger charge is 2.25. The second-order valence-corrected chi connectivity index (χ2v) is 8.26. The average Bonchev–Trinajstić information content (AvgIpc) is 2.61. The zero-order valence-corrected chi connectivity index (χ0v) is 15.5. The number of sulfonamides is 1. The van der Waals surface area contributed by atoms with Gasteiger partial charge in [-0.15, -0.1) is 0 Å². The minimum atomic E-state index is -3.80. The van der Waals surface area contributed by atoms with Crippen LogP contribution >= 0.6 is 0 Å². The van der Waals surface area contributed by atoms with Crippen molar-refractivity contribution < 1.29 is 13.2 Å². The van der Waals surface area contributed by atoms with Gasteiger partial charge in [0.15, 0.2) is 0 Å². The van der Waals surface area contributed by atoms with E-state index in [1.807, 2.05) is 6.07 Å². The van der Waals surface area contributed by atoms with Crippen LogP contribution < -0.4 is 10.5 Å². The topological polar surface area (TPSA) is 92.5 Å². The van der Waals surface area contributed by atoms with Crippen molar-refractivity contribution in [2.24, 2.45) is 5.14 Å². The number of anilines is 1. The number of urea groups is 1. The Kier molecular flexibility index (Phi) is 5.29. The number of primary sulfonamides is 1. The lowest BCUT2D eigenvalue weighted by Gasteiger charge is -2.33. The fraction of sp³-hybridized carbons (Fsp3) is 0.316. The van der Waals surface area contributed by atoms with Gasteiger partial charge in [-0.05, 0) is 43.5 Å². The van der Waals surface area contributed by atoms with E-state index in [0.717, 1.165) is 12.8 Å². The number of aryl methyl sites for hydroxylation is 1. The van der Waals surface area contributed by atoms with E-state index in [4.69, 9.17) is 5.14 Å². The maximum absolute atomic E-state index is 12.6. The smallest absolute Gasteiger partial charge is 0.321 e. The van der Waals surface area contributed by atoms with E-state index >= 15 is 0 Å². The van der Waals surface area contributed by atoms with Crippen molar-refractivity contribution in [1.29, 1.82) is 0 Å². The molecule has 1 atom stereocenters. The highest BCUT2D eigenvalue weighted by Crippen LogP contribution is 2.28. The van der Waals surface area contributed by atoms with Gasteiger partial charge in [-0.2, -0.15) is 0 Å². The number of rotatable bonds is 3. The van der Waals surface area contributed by atoms with Crippen molar-refractivity contribution >= 4 is 21.7 Å². The van der Waals surface area contributed by atoms with Gasteiger partial charge in [-0.1, -0.05) is 35.9 Å². The molecule has 0 unspecified atom stereocenters. The molecule has 3 N–H and O–H groups in total. The molecule has 7 heteroatoms. The molecule has 0 aromatic heterocycles. The van der Waals surface area contributed by atoms with Crippen LogP contribution in [-0.2, 0) is 10.0 Å². The van der Waals surface area contributed by atoms with Crippen molar-refractivity contribution in [3.8, 4) is 0 Å². The largest absolute Gasteiger partial charge is 0.324 e. The number of hydrogen-bond donors (Lipinski definition) is 2. The number of nitrogens with one attached hydrogen (secondary N) is 1. The molecule has 1 saturated heterocycles. The van der Waals surface area contributed by atoms with E-state index in [1.54, 1.807) is 17.0 Å². The third-order valence-corrected chi connectivity index (χ3v) is 5.55. The second-order valence-electron chi connectivity index (χ2n) is 6.70. The zero-order chi connectivity index (χ0) is 18.7. The van der Waals surface area contributed by atoms with Crippen molar-refractivity contribution in [2.45, 2.75) is 30.6 Å². The van der Waals surface area contributed by atoms with Gasteiger partial charge in [0.05, 0.1) is 4.90 Å². The van der Waals surface area contributed by atoms with E-state index in [2.05, 4.69) is 30.4 Å². The molecule has 0 bridgehead atoms. The summed E-state index contributed by atoms with van der Waals surface area (Å²) in [6.45, 7) is 3.39. The van der Waals surface area contributed by atoms with Crippen LogP contribution in [0.5, 0.6) is 0 Å².